The molecule has 0 atom stereocenters. The fourth-order valence-electron chi connectivity index (χ4n) is 3.19. The number of rotatable bonds is 2. The highest BCUT2D eigenvalue weighted by Crippen LogP contribution is 2.47. The molecule has 0 aromatic rings. The van der Waals surface area contributed by atoms with E-state index in [4.69, 9.17) is 0 Å². The first-order chi connectivity index (χ1) is 6.98. The van der Waals surface area contributed by atoms with Crippen molar-refractivity contribution < 1.29 is 0 Å². The lowest BCUT2D eigenvalue weighted by Gasteiger charge is -2.49. The zero-order valence-electron chi connectivity index (χ0n) is 10.8. The average molecular weight is 210 g/mol. The molecule has 1 aliphatic heterocycles. The summed E-state index contributed by atoms with van der Waals surface area (Å²) in [6.07, 6.45) is 4.14. The minimum atomic E-state index is 0.356. The van der Waals surface area contributed by atoms with E-state index in [-0.39, 0.29) is 0 Å². The zero-order chi connectivity index (χ0) is 11.1. The maximum absolute atomic E-state index is 2.76. The van der Waals surface area contributed by atoms with Gasteiger partial charge < -0.3 is 4.90 Å². The van der Waals surface area contributed by atoms with Crippen LogP contribution in [0.1, 0.15) is 47.0 Å². The molecule has 0 unspecified atom stereocenters. The van der Waals surface area contributed by atoms with Crippen LogP contribution >= 0.6 is 0 Å². The van der Waals surface area contributed by atoms with E-state index in [0.717, 1.165) is 0 Å². The number of hydrogen-bond donors (Lipinski definition) is 0. The van der Waals surface area contributed by atoms with Crippen LogP contribution in [0.4, 0.5) is 0 Å². The van der Waals surface area contributed by atoms with E-state index in [1.54, 1.807) is 0 Å². The van der Waals surface area contributed by atoms with Gasteiger partial charge in [0.2, 0.25) is 0 Å². The molecule has 2 heteroatoms. The maximum Gasteiger partial charge on any atom is 0.0343 e. The van der Waals surface area contributed by atoms with Gasteiger partial charge in [-0.05, 0) is 46.6 Å². The first-order valence-electron chi connectivity index (χ1n) is 6.48. The third kappa shape index (κ3) is 2.21. The fourth-order valence-corrected chi connectivity index (χ4v) is 3.19. The number of piperazine rings is 1. The molecular weight excluding hydrogens is 184 g/mol. The van der Waals surface area contributed by atoms with Crippen LogP contribution in [0.25, 0.3) is 0 Å². The highest BCUT2D eigenvalue weighted by Gasteiger charge is 2.53. The van der Waals surface area contributed by atoms with Crippen molar-refractivity contribution >= 4 is 0 Å². The summed E-state index contributed by atoms with van der Waals surface area (Å²) in [5.41, 5.74) is 0.917. The van der Waals surface area contributed by atoms with Crippen molar-refractivity contribution in [2.45, 2.75) is 58.0 Å². The molecule has 1 heterocycles. The second-order valence-electron chi connectivity index (χ2n) is 6.32. The van der Waals surface area contributed by atoms with E-state index in [1.807, 2.05) is 0 Å². The minimum Gasteiger partial charge on any atom is -0.300 e. The predicted molar refractivity (Wildman–Crippen MR) is 65.2 cm³/mol. The normalized spacial score (nSPS) is 27.2. The lowest BCUT2D eigenvalue weighted by Crippen LogP contribution is -2.60. The van der Waals surface area contributed by atoms with Crippen molar-refractivity contribution in [1.82, 2.24) is 9.80 Å². The summed E-state index contributed by atoms with van der Waals surface area (Å²) >= 11 is 0. The third-order valence-corrected chi connectivity index (χ3v) is 3.91. The molecule has 1 spiro atoms. The Hall–Kier alpha value is -0.0800. The van der Waals surface area contributed by atoms with Gasteiger partial charge in [0.25, 0.3) is 0 Å². The molecule has 1 saturated carbocycles. The summed E-state index contributed by atoms with van der Waals surface area (Å²) in [7, 11) is 0. The van der Waals surface area contributed by atoms with Crippen molar-refractivity contribution in [2.75, 3.05) is 26.2 Å². The Bertz CT molecular complexity index is 225. The Morgan fingerprint density at radius 1 is 1.13 bits per heavy atom. The average Bonchev–Trinajstić information content (AvgIpc) is 2.83. The van der Waals surface area contributed by atoms with Crippen LogP contribution < -0.4 is 0 Å². The van der Waals surface area contributed by atoms with Crippen molar-refractivity contribution in [2.24, 2.45) is 0 Å². The second-order valence-corrected chi connectivity index (χ2v) is 6.32. The van der Waals surface area contributed by atoms with Crippen molar-refractivity contribution in [3.8, 4) is 0 Å². The maximum atomic E-state index is 2.76. The van der Waals surface area contributed by atoms with Crippen molar-refractivity contribution in [1.29, 1.82) is 0 Å². The van der Waals surface area contributed by atoms with Gasteiger partial charge in [-0.1, -0.05) is 6.92 Å². The molecule has 0 aromatic heterocycles. The van der Waals surface area contributed by atoms with E-state index in [1.165, 1.54) is 45.4 Å². The topological polar surface area (TPSA) is 6.48 Å². The Morgan fingerprint density at radius 2 is 1.80 bits per heavy atom. The minimum absolute atomic E-state index is 0.356. The zero-order valence-corrected chi connectivity index (χ0v) is 10.8. The van der Waals surface area contributed by atoms with Crippen LogP contribution in [-0.4, -0.2) is 47.1 Å². The van der Waals surface area contributed by atoms with E-state index < -0.39 is 0 Å². The molecule has 2 nitrogen and oxygen atoms in total. The molecule has 1 saturated heterocycles. The van der Waals surface area contributed by atoms with Crippen LogP contribution in [0.5, 0.6) is 0 Å². The predicted octanol–water partition coefficient (Wildman–Crippen LogP) is 2.35. The Labute approximate surface area is 94.6 Å². The van der Waals surface area contributed by atoms with Gasteiger partial charge in [-0.2, -0.15) is 0 Å². The highest BCUT2D eigenvalue weighted by molar-refractivity contribution is 5.11. The van der Waals surface area contributed by atoms with E-state index in [9.17, 15) is 0 Å². The van der Waals surface area contributed by atoms with Crippen LogP contribution in [0.2, 0.25) is 0 Å². The first kappa shape index (κ1) is 11.4. The van der Waals surface area contributed by atoms with Gasteiger partial charge in [0.1, 0.15) is 0 Å². The van der Waals surface area contributed by atoms with Crippen LogP contribution in [0.3, 0.4) is 0 Å². The Balaban J connectivity index is 2.01. The first-order valence-corrected chi connectivity index (χ1v) is 6.48. The largest absolute Gasteiger partial charge is 0.300 e. The summed E-state index contributed by atoms with van der Waals surface area (Å²) in [6.45, 7) is 14.5. The molecule has 0 aromatic carbocycles. The molecule has 2 aliphatic rings. The van der Waals surface area contributed by atoms with Crippen LogP contribution in [0.15, 0.2) is 0 Å². The lowest BCUT2D eigenvalue weighted by atomic mass is 9.98. The Morgan fingerprint density at radius 3 is 2.27 bits per heavy atom. The third-order valence-electron chi connectivity index (χ3n) is 3.91. The fraction of sp³-hybridized carbons (Fsp3) is 1.00. The second kappa shape index (κ2) is 3.74. The molecule has 2 rings (SSSR count). The van der Waals surface area contributed by atoms with Crippen LogP contribution in [-0.2, 0) is 0 Å². The van der Waals surface area contributed by atoms with Gasteiger partial charge in [-0.3, -0.25) is 4.90 Å². The monoisotopic (exact) mass is 210 g/mol. The summed E-state index contributed by atoms with van der Waals surface area (Å²) in [5.74, 6) is 0. The summed E-state index contributed by atoms with van der Waals surface area (Å²) in [6, 6.07) is 0. The molecule has 0 bridgehead atoms. The van der Waals surface area contributed by atoms with Gasteiger partial charge in [-0.15, -0.1) is 0 Å². The molecule has 2 fully saturated rings. The standard InChI is InChI=1S/C13H26N2/c1-5-8-14-9-10-15(12(2,3)4)13(11-14)6-7-13/h5-11H2,1-4H3. The van der Waals surface area contributed by atoms with Gasteiger partial charge >= 0.3 is 0 Å². The number of nitrogens with zero attached hydrogens (tertiary/aromatic N) is 2. The van der Waals surface area contributed by atoms with Crippen molar-refractivity contribution in [3.63, 3.8) is 0 Å². The molecule has 0 radical (unpaired) electrons. The molecule has 15 heavy (non-hydrogen) atoms. The lowest BCUT2D eigenvalue weighted by molar-refractivity contribution is -0.00406. The van der Waals surface area contributed by atoms with Crippen LogP contribution in [0, 0.1) is 0 Å². The smallest absolute Gasteiger partial charge is 0.0343 e. The summed E-state index contributed by atoms with van der Waals surface area (Å²) in [4.78, 5) is 5.42. The van der Waals surface area contributed by atoms with E-state index in [2.05, 4.69) is 37.5 Å². The summed E-state index contributed by atoms with van der Waals surface area (Å²) in [5, 5.41) is 0. The highest BCUT2D eigenvalue weighted by atomic mass is 15.4. The molecule has 1 aliphatic carbocycles. The van der Waals surface area contributed by atoms with Crippen molar-refractivity contribution in [3.05, 3.63) is 0 Å². The van der Waals surface area contributed by atoms with Gasteiger partial charge in [-0.25, -0.2) is 0 Å². The van der Waals surface area contributed by atoms with Gasteiger partial charge in [0, 0.05) is 30.7 Å². The van der Waals surface area contributed by atoms with Gasteiger partial charge in [0.05, 0.1) is 0 Å². The van der Waals surface area contributed by atoms with Gasteiger partial charge in [0.15, 0.2) is 0 Å². The molecule has 88 valence electrons. The summed E-state index contributed by atoms with van der Waals surface area (Å²) < 4.78 is 0. The van der Waals surface area contributed by atoms with E-state index in [0.29, 0.717) is 11.1 Å². The molecule has 0 N–H and O–H groups in total. The number of hydrogen-bond acceptors (Lipinski definition) is 2. The Kier molecular flexibility index (Phi) is 2.85. The van der Waals surface area contributed by atoms with E-state index >= 15 is 0 Å². The molecular formula is C13H26N2. The quantitative estimate of drug-likeness (QED) is 0.690. The molecule has 0 amide bonds. The SMILES string of the molecule is CCCN1CCN(C(C)(C)C)C2(CC2)C1.